The highest BCUT2D eigenvalue weighted by atomic mass is 14.0. The Kier molecular flexibility index (Phi) is 8.24. The van der Waals surface area contributed by atoms with Crippen molar-refractivity contribution >= 4 is 12.2 Å². The molecule has 1 aromatic rings. The molecule has 0 saturated carbocycles. The third-order valence-electron chi connectivity index (χ3n) is 2.15. The fourth-order valence-corrected chi connectivity index (χ4v) is 1.39. The Morgan fingerprint density at radius 2 is 1.12 bits per heavy atom. The van der Waals surface area contributed by atoms with E-state index in [-0.39, 0.29) is 0 Å². The number of rotatable bonds is 0. The fourth-order valence-electron chi connectivity index (χ4n) is 1.39. The van der Waals surface area contributed by atoms with Gasteiger partial charge in [-0.25, -0.2) is 0 Å². The van der Waals surface area contributed by atoms with Gasteiger partial charge in [0.2, 0.25) is 0 Å². The maximum atomic E-state index is 2.22. The minimum absolute atomic E-state index is 0.553. The van der Waals surface area contributed by atoms with Crippen LogP contribution in [0, 0.1) is 5.92 Å². The molecule has 0 radical (unpaired) electrons. The van der Waals surface area contributed by atoms with Crippen LogP contribution in [0.25, 0.3) is 12.2 Å². The number of fused-ring (bicyclic) bond motifs is 1. The van der Waals surface area contributed by atoms with Crippen molar-refractivity contribution in [1.82, 2.24) is 0 Å². The molecule has 0 unspecified atom stereocenters. The molecule has 16 heavy (non-hydrogen) atoms. The molecule has 0 aromatic heterocycles. The highest BCUT2D eigenvalue weighted by molar-refractivity contribution is 5.67. The topological polar surface area (TPSA) is 0 Å². The van der Waals surface area contributed by atoms with Crippen molar-refractivity contribution in [1.29, 1.82) is 0 Å². The van der Waals surface area contributed by atoms with E-state index in [2.05, 4.69) is 55.5 Å². The lowest BCUT2D eigenvalue weighted by Crippen LogP contribution is -1.77. The molecule has 1 aliphatic rings. The molecular weight excluding hydrogens is 192 g/mol. The summed E-state index contributed by atoms with van der Waals surface area (Å²) in [6.07, 6.45) is 8.84. The van der Waals surface area contributed by atoms with Crippen LogP contribution in [-0.2, 0) is 0 Å². The quantitative estimate of drug-likeness (QED) is 0.543. The van der Waals surface area contributed by atoms with Crippen LogP contribution < -0.4 is 0 Å². The molecule has 0 saturated heterocycles. The van der Waals surface area contributed by atoms with Gasteiger partial charge < -0.3 is 0 Å². The van der Waals surface area contributed by atoms with Gasteiger partial charge in [-0.15, -0.1) is 0 Å². The van der Waals surface area contributed by atoms with Gasteiger partial charge in [0.05, 0.1) is 0 Å². The smallest absolute Gasteiger partial charge is 0.00752 e. The predicted octanol–water partition coefficient (Wildman–Crippen LogP) is 5.42. The van der Waals surface area contributed by atoms with Crippen LogP contribution >= 0.6 is 0 Å². The van der Waals surface area contributed by atoms with E-state index in [0.29, 0.717) is 5.92 Å². The van der Waals surface area contributed by atoms with Gasteiger partial charge >= 0.3 is 0 Å². The van der Waals surface area contributed by atoms with E-state index in [9.17, 15) is 0 Å². The van der Waals surface area contributed by atoms with Crippen LogP contribution in [0.5, 0.6) is 0 Å². The lowest BCUT2D eigenvalue weighted by Gasteiger charge is -1.96. The van der Waals surface area contributed by atoms with Crippen LogP contribution in [0.4, 0.5) is 0 Å². The summed E-state index contributed by atoms with van der Waals surface area (Å²) >= 11 is 0. The Bertz CT molecular complexity index is 299. The second-order valence-electron chi connectivity index (χ2n) is 3.21. The summed E-state index contributed by atoms with van der Waals surface area (Å²) in [6.45, 7) is 10.2. The van der Waals surface area contributed by atoms with Gasteiger partial charge in [-0.1, -0.05) is 83.2 Å². The van der Waals surface area contributed by atoms with Crippen LogP contribution in [0.1, 0.15) is 45.7 Å². The molecule has 0 bridgehead atoms. The van der Waals surface area contributed by atoms with E-state index in [1.165, 1.54) is 11.1 Å². The molecule has 0 aliphatic heterocycles. The lowest BCUT2D eigenvalue weighted by molar-refractivity contribution is 0.954. The molecule has 0 N–H and O–H groups in total. The summed E-state index contributed by atoms with van der Waals surface area (Å²) in [7, 11) is 0. The second-order valence-corrected chi connectivity index (χ2v) is 3.21. The number of benzene rings is 1. The Balaban J connectivity index is 0.000000509. The zero-order valence-corrected chi connectivity index (χ0v) is 11.2. The third-order valence-corrected chi connectivity index (χ3v) is 2.15. The molecule has 0 heterocycles. The fraction of sp³-hybridized carbons (Fsp3) is 0.375. The molecule has 0 nitrogen and oxygen atoms in total. The van der Waals surface area contributed by atoms with E-state index in [0.717, 1.165) is 0 Å². The molecule has 0 fully saturated rings. The molecule has 1 aromatic carbocycles. The molecular formula is C16H24. The van der Waals surface area contributed by atoms with Crippen molar-refractivity contribution in [3.8, 4) is 0 Å². The maximum absolute atomic E-state index is 2.22. The number of hydrogen-bond acceptors (Lipinski definition) is 0. The van der Waals surface area contributed by atoms with Crippen molar-refractivity contribution < 1.29 is 0 Å². The summed E-state index contributed by atoms with van der Waals surface area (Å²) in [5.74, 6) is 0.553. The molecule has 88 valence electrons. The van der Waals surface area contributed by atoms with Crippen molar-refractivity contribution in [3.63, 3.8) is 0 Å². The van der Waals surface area contributed by atoms with Gasteiger partial charge in [0.15, 0.2) is 0 Å². The van der Waals surface area contributed by atoms with Crippen LogP contribution in [0.3, 0.4) is 0 Å². The molecule has 2 rings (SSSR count). The summed E-state index contributed by atoms with van der Waals surface area (Å²) in [6, 6.07) is 8.45. The summed E-state index contributed by atoms with van der Waals surface area (Å²) in [5, 5.41) is 0. The summed E-state index contributed by atoms with van der Waals surface area (Å²) in [4.78, 5) is 0. The normalized spacial score (nSPS) is 12.6. The van der Waals surface area contributed by atoms with Crippen molar-refractivity contribution in [2.24, 2.45) is 5.92 Å². The van der Waals surface area contributed by atoms with E-state index < -0.39 is 0 Å². The standard InChI is InChI=1S/C12H12.2C2H6/c1-10-6-8-11-4-2-3-5-12(11)9-7-10;2*1-2/h2-10H,1H3;2*1-2H3. The summed E-state index contributed by atoms with van der Waals surface area (Å²) < 4.78 is 0. The first kappa shape index (κ1) is 14.7. The average Bonchev–Trinajstić information content (AvgIpc) is 2.57. The second kappa shape index (κ2) is 8.96. The van der Waals surface area contributed by atoms with Gasteiger partial charge in [-0.05, 0) is 17.0 Å². The van der Waals surface area contributed by atoms with Gasteiger partial charge in [-0.3, -0.25) is 0 Å². The van der Waals surface area contributed by atoms with E-state index in [1.54, 1.807) is 0 Å². The minimum atomic E-state index is 0.553. The zero-order chi connectivity index (χ0) is 12.4. The first-order chi connectivity index (χ1) is 7.86. The van der Waals surface area contributed by atoms with Crippen LogP contribution in [-0.4, -0.2) is 0 Å². The van der Waals surface area contributed by atoms with Gasteiger partial charge in [0.1, 0.15) is 0 Å². The van der Waals surface area contributed by atoms with Crippen molar-refractivity contribution in [3.05, 3.63) is 47.5 Å². The molecule has 1 aliphatic carbocycles. The maximum Gasteiger partial charge on any atom is -0.00752 e. The third kappa shape index (κ3) is 4.48. The van der Waals surface area contributed by atoms with Crippen molar-refractivity contribution in [2.75, 3.05) is 0 Å². The lowest BCUT2D eigenvalue weighted by atomic mass is 10.1. The van der Waals surface area contributed by atoms with E-state index in [4.69, 9.17) is 0 Å². The largest absolute Gasteiger partial charge is 0.0773 e. The van der Waals surface area contributed by atoms with Crippen LogP contribution in [0.15, 0.2) is 36.4 Å². The monoisotopic (exact) mass is 216 g/mol. The van der Waals surface area contributed by atoms with Gasteiger partial charge in [0.25, 0.3) is 0 Å². The molecule has 0 atom stereocenters. The Labute approximate surface area is 101 Å². The highest BCUT2D eigenvalue weighted by Crippen LogP contribution is 2.18. The molecule has 0 amide bonds. The Morgan fingerprint density at radius 3 is 1.50 bits per heavy atom. The number of allylic oxidation sites excluding steroid dienone is 2. The summed E-state index contributed by atoms with van der Waals surface area (Å²) in [5.41, 5.74) is 2.64. The zero-order valence-electron chi connectivity index (χ0n) is 11.2. The molecule has 0 spiro atoms. The average molecular weight is 216 g/mol. The SMILES string of the molecule is CC.CC.CC1C=Cc2ccccc2C=C1. The highest BCUT2D eigenvalue weighted by Gasteiger charge is 1.99. The first-order valence-electron chi connectivity index (χ1n) is 6.32. The molecule has 0 heteroatoms. The first-order valence-corrected chi connectivity index (χ1v) is 6.32. The van der Waals surface area contributed by atoms with E-state index in [1.807, 2.05) is 27.7 Å². The van der Waals surface area contributed by atoms with Crippen LogP contribution in [0.2, 0.25) is 0 Å². The Morgan fingerprint density at radius 1 is 0.750 bits per heavy atom. The van der Waals surface area contributed by atoms with E-state index >= 15 is 0 Å². The van der Waals surface area contributed by atoms with Gasteiger partial charge in [0, 0.05) is 0 Å². The Hall–Kier alpha value is -1.30. The minimum Gasteiger partial charge on any atom is -0.0773 e. The van der Waals surface area contributed by atoms with Gasteiger partial charge in [-0.2, -0.15) is 0 Å². The van der Waals surface area contributed by atoms with Crippen molar-refractivity contribution in [2.45, 2.75) is 34.6 Å². The number of hydrogen-bond donors (Lipinski definition) is 0. The predicted molar refractivity (Wildman–Crippen MR) is 76.4 cm³/mol.